The predicted octanol–water partition coefficient (Wildman–Crippen LogP) is 3.12. The molecule has 0 atom stereocenters. The number of carbonyl (C=O) groups is 1. The second-order valence-corrected chi connectivity index (χ2v) is 8.29. The minimum atomic E-state index is -0.0561. The van der Waals surface area contributed by atoms with Gasteiger partial charge in [-0.15, -0.1) is 0 Å². The van der Waals surface area contributed by atoms with Crippen molar-refractivity contribution in [3.63, 3.8) is 0 Å². The summed E-state index contributed by atoms with van der Waals surface area (Å²) in [6.45, 7) is 9.61. The van der Waals surface area contributed by atoms with Crippen LogP contribution in [0, 0.1) is 13.8 Å². The highest BCUT2D eigenvalue weighted by Gasteiger charge is 2.34. The van der Waals surface area contributed by atoms with E-state index in [4.69, 9.17) is 4.74 Å². The number of hydrogen-bond acceptors (Lipinski definition) is 4. The Balaban J connectivity index is 1.41. The van der Waals surface area contributed by atoms with E-state index in [1.54, 1.807) is 0 Å². The number of hydrogen-bond donors (Lipinski definition) is 1. The van der Waals surface area contributed by atoms with Crippen molar-refractivity contribution in [2.45, 2.75) is 58.5 Å². The molecule has 0 bridgehead atoms. The van der Waals surface area contributed by atoms with Crippen molar-refractivity contribution in [1.29, 1.82) is 0 Å². The van der Waals surface area contributed by atoms with Gasteiger partial charge in [-0.3, -0.25) is 14.2 Å². The van der Waals surface area contributed by atoms with Crippen LogP contribution in [0.1, 0.15) is 43.0 Å². The second-order valence-electron chi connectivity index (χ2n) is 8.29. The fourth-order valence-corrected chi connectivity index (χ4v) is 4.43. The normalized spacial score (nSPS) is 16.1. The molecule has 1 fully saturated rings. The smallest absolute Gasteiger partial charge is 0.221 e. The Kier molecular flexibility index (Phi) is 5.90. The molecule has 7 nitrogen and oxygen atoms in total. The third-order valence-corrected chi connectivity index (χ3v) is 6.30. The van der Waals surface area contributed by atoms with E-state index in [-0.39, 0.29) is 11.3 Å². The van der Waals surface area contributed by atoms with Gasteiger partial charge in [0, 0.05) is 38.1 Å². The van der Waals surface area contributed by atoms with Gasteiger partial charge in [0.2, 0.25) is 5.91 Å². The summed E-state index contributed by atoms with van der Waals surface area (Å²) in [5.74, 6) is 0.0529. The number of benzene rings is 1. The Bertz CT molecular complexity index is 1010. The van der Waals surface area contributed by atoms with Crippen LogP contribution < -0.4 is 5.32 Å². The molecular formula is C23H31N5O2. The van der Waals surface area contributed by atoms with Gasteiger partial charge in [-0.05, 0) is 39.2 Å². The first-order chi connectivity index (χ1) is 14.5. The number of amides is 1. The lowest BCUT2D eigenvalue weighted by atomic mass is 9.74. The van der Waals surface area contributed by atoms with Crippen LogP contribution >= 0.6 is 0 Å². The van der Waals surface area contributed by atoms with Crippen molar-refractivity contribution in [2.24, 2.45) is 0 Å². The van der Waals surface area contributed by atoms with Gasteiger partial charge in [-0.1, -0.05) is 29.8 Å². The zero-order chi connectivity index (χ0) is 21.1. The van der Waals surface area contributed by atoms with Gasteiger partial charge in [-0.2, -0.15) is 10.2 Å². The first-order valence-electron chi connectivity index (χ1n) is 10.8. The standard InChI is InChI=1S/C23H31N5O2/c1-4-27-20-15-25-28(22(20)18(3)26-27)12-9-21(29)24-16-23(10-13-30-14-11-23)19-7-5-17(2)6-8-19/h5-8,15H,4,9-14,16H2,1-3H3,(H,24,29). The molecule has 1 amide bonds. The Morgan fingerprint density at radius 2 is 1.90 bits per heavy atom. The highest BCUT2D eigenvalue weighted by atomic mass is 16.5. The number of rotatable bonds is 7. The maximum Gasteiger partial charge on any atom is 0.221 e. The van der Waals surface area contributed by atoms with Crippen molar-refractivity contribution in [3.05, 3.63) is 47.3 Å². The maximum atomic E-state index is 12.7. The Hall–Kier alpha value is -2.67. The van der Waals surface area contributed by atoms with Crippen LogP contribution in [0.4, 0.5) is 0 Å². The van der Waals surface area contributed by atoms with Crippen LogP contribution in [-0.2, 0) is 28.0 Å². The summed E-state index contributed by atoms with van der Waals surface area (Å²) in [5, 5.41) is 12.2. The summed E-state index contributed by atoms with van der Waals surface area (Å²) in [5.41, 5.74) is 5.47. The maximum absolute atomic E-state index is 12.7. The highest BCUT2D eigenvalue weighted by Crippen LogP contribution is 2.34. The molecule has 0 aliphatic carbocycles. The van der Waals surface area contributed by atoms with E-state index in [2.05, 4.69) is 53.6 Å². The van der Waals surface area contributed by atoms with Gasteiger partial charge in [0.1, 0.15) is 11.0 Å². The number of nitrogens with one attached hydrogen (secondary N) is 1. The lowest BCUT2D eigenvalue weighted by Gasteiger charge is -2.38. The van der Waals surface area contributed by atoms with Crippen LogP contribution in [0.25, 0.3) is 11.0 Å². The predicted molar refractivity (Wildman–Crippen MR) is 116 cm³/mol. The molecule has 2 aromatic heterocycles. The average Bonchev–Trinajstić information content (AvgIpc) is 3.33. The zero-order valence-electron chi connectivity index (χ0n) is 18.1. The molecule has 3 aromatic rings. The van der Waals surface area contributed by atoms with Crippen LogP contribution in [0.5, 0.6) is 0 Å². The molecule has 0 unspecified atom stereocenters. The van der Waals surface area contributed by atoms with E-state index < -0.39 is 0 Å². The molecule has 0 saturated carbocycles. The second kappa shape index (κ2) is 8.60. The number of nitrogens with zero attached hydrogens (tertiary/aromatic N) is 4. The molecule has 0 radical (unpaired) electrons. The monoisotopic (exact) mass is 409 g/mol. The van der Waals surface area contributed by atoms with E-state index in [1.165, 1.54) is 11.1 Å². The molecule has 3 heterocycles. The Morgan fingerprint density at radius 3 is 2.60 bits per heavy atom. The number of aryl methyl sites for hydroxylation is 4. The molecule has 1 aliphatic rings. The zero-order valence-corrected chi connectivity index (χ0v) is 18.1. The van der Waals surface area contributed by atoms with E-state index in [9.17, 15) is 4.79 Å². The first kappa shape index (κ1) is 20.6. The molecule has 160 valence electrons. The van der Waals surface area contributed by atoms with Gasteiger partial charge in [0.25, 0.3) is 0 Å². The van der Waals surface area contributed by atoms with E-state index >= 15 is 0 Å². The average molecular weight is 410 g/mol. The molecule has 4 rings (SSSR count). The van der Waals surface area contributed by atoms with Gasteiger partial charge < -0.3 is 10.1 Å². The molecular weight excluding hydrogens is 378 g/mol. The van der Waals surface area contributed by atoms with Crippen molar-refractivity contribution in [3.8, 4) is 0 Å². The van der Waals surface area contributed by atoms with Gasteiger partial charge in [0.15, 0.2) is 0 Å². The minimum absolute atomic E-state index is 0.0529. The third-order valence-electron chi connectivity index (χ3n) is 6.30. The summed E-state index contributed by atoms with van der Waals surface area (Å²) < 4.78 is 9.45. The Labute approximate surface area is 177 Å². The summed E-state index contributed by atoms with van der Waals surface area (Å²) in [6, 6.07) is 8.69. The topological polar surface area (TPSA) is 74.0 Å². The largest absolute Gasteiger partial charge is 0.381 e. The van der Waals surface area contributed by atoms with Gasteiger partial charge >= 0.3 is 0 Å². The van der Waals surface area contributed by atoms with Gasteiger partial charge in [-0.25, -0.2) is 0 Å². The summed E-state index contributed by atoms with van der Waals surface area (Å²) in [4.78, 5) is 12.7. The van der Waals surface area contributed by atoms with Crippen molar-refractivity contribution >= 4 is 16.9 Å². The minimum Gasteiger partial charge on any atom is -0.381 e. The molecule has 7 heteroatoms. The summed E-state index contributed by atoms with van der Waals surface area (Å²) in [7, 11) is 0. The van der Waals surface area contributed by atoms with Gasteiger partial charge in [0.05, 0.1) is 18.4 Å². The molecule has 30 heavy (non-hydrogen) atoms. The van der Waals surface area contributed by atoms with Crippen LogP contribution in [0.2, 0.25) is 0 Å². The van der Waals surface area contributed by atoms with Crippen molar-refractivity contribution in [1.82, 2.24) is 24.9 Å². The van der Waals surface area contributed by atoms with Crippen LogP contribution in [-0.4, -0.2) is 45.2 Å². The Morgan fingerprint density at radius 1 is 1.17 bits per heavy atom. The molecule has 0 spiro atoms. The number of ether oxygens (including phenoxy) is 1. The third kappa shape index (κ3) is 3.99. The van der Waals surface area contributed by atoms with Crippen LogP contribution in [0.3, 0.4) is 0 Å². The van der Waals surface area contributed by atoms with E-state index in [0.717, 1.165) is 49.3 Å². The van der Waals surface area contributed by atoms with Crippen molar-refractivity contribution in [2.75, 3.05) is 19.8 Å². The number of fused-ring (bicyclic) bond motifs is 1. The molecule has 1 aromatic carbocycles. The lowest BCUT2D eigenvalue weighted by Crippen LogP contribution is -2.44. The first-order valence-corrected chi connectivity index (χ1v) is 10.8. The highest BCUT2D eigenvalue weighted by molar-refractivity contribution is 5.78. The van der Waals surface area contributed by atoms with Crippen LogP contribution in [0.15, 0.2) is 30.5 Å². The number of aromatic nitrogens is 4. The lowest BCUT2D eigenvalue weighted by molar-refractivity contribution is -0.121. The molecule has 1 aliphatic heterocycles. The van der Waals surface area contributed by atoms with E-state index in [0.29, 0.717) is 19.5 Å². The fourth-order valence-electron chi connectivity index (χ4n) is 4.43. The summed E-state index contributed by atoms with van der Waals surface area (Å²) in [6.07, 6.45) is 4.08. The molecule has 1 N–H and O–H groups in total. The SMILES string of the molecule is CCn1nc(C)c2c1cnn2CCC(=O)NCC1(c2ccc(C)cc2)CCOCC1. The molecule has 1 saturated heterocycles. The fraction of sp³-hybridized carbons (Fsp3) is 0.522. The van der Waals surface area contributed by atoms with Crippen molar-refractivity contribution < 1.29 is 9.53 Å². The van der Waals surface area contributed by atoms with E-state index in [1.807, 2.05) is 22.5 Å². The quantitative estimate of drug-likeness (QED) is 0.651. The number of carbonyl (C=O) groups excluding carboxylic acids is 1. The summed E-state index contributed by atoms with van der Waals surface area (Å²) >= 11 is 0.